The second-order valence-corrected chi connectivity index (χ2v) is 4.68. The first-order valence-corrected chi connectivity index (χ1v) is 6.93. The Bertz CT molecular complexity index is 706. The highest BCUT2D eigenvalue weighted by molar-refractivity contribution is 5.88. The maximum Gasteiger partial charge on any atom is 0.405 e. The number of ether oxygens (including phenoxy) is 1. The van der Waals surface area contributed by atoms with Crippen LogP contribution in [0.4, 0.5) is 4.39 Å². The maximum absolute atomic E-state index is 13.4. The lowest BCUT2D eigenvalue weighted by atomic mass is 10.1. The van der Waals surface area contributed by atoms with Crippen LogP contribution in [-0.4, -0.2) is 25.0 Å². The standard InChI is InChI=1S/C16H15FN2O4/c17-13-6-2-1-5-12(13)8-9-18-15(20)11-23-16(21)14-7-3-4-10-19(14)22/h1-7,10H,8-9,11H2,(H,18,20). The number of hydrogen-bond acceptors (Lipinski definition) is 4. The van der Waals surface area contributed by atoms with E-state index in [2.05, 4.69) is 5.32 Å². The lowest BCUT2D eigenvalue weighted by molar-refractivity contribution is -0.608. The lowest BCUT2D eigenvalue weighted by Crippen LogP contribution is -2.36. The molecule has 6 nitrogen and oxygen atoms in total. The molecule has 0 bridgehead atoms. The molecule has 0 spiro atoms. The van der Waals surface area contributed by atoms with Gasteiger partial charge in [-0.3, -0.25) is 4.79 Å². The van der Waals surface area contributed by atoms with Crippen molar-refractivity contribution >= 4 is 11.9 Å². The highest BCUT2D eigenvalue weighted by Gasteiger charge is 2.17. The number of esters is 1. The monoisotopic (exact) mass is 318 g/mol. The summed E-state index contributed by atoms with van der Waals surface area (Å²) in [6, 6.07) is 10.5. The van der Waals surface area contributed by atoms with Gasteiger partial charge in [-0.25, -0.2) is 9.18 Å². The first-order chi connectivity index (χ1) is 11.1. The molecule has 120 valence electrons. The van der Waals surface area contributed by atoms with Gasteiger partial charge in [-0.05, 0) is 24.1 Å². The van der Waals surface area contributed by atoms with Crippen LogP contribution in [0.2, 0.25) is 0 Å². The molecule has 0 unspecified atom stereocenters. The normalized spacial score (nSPS) is 10.1. The Morgan fingerprint density at radius 3 is 2.65 bits per heavy atom. The highest BCUT2D eigenvalue weighted by Crippen LogP contribution is 2.06. The number of aromatic nitrogens is 1. The van der Waals surface area contributed by atoms with Gasteiger partial charge in [0.25, 0.3) is 5.91 Å². The zero-order valence-corrected chi connectivity index (χ0v) is 12.2. The van der Waals surface area contributed by atoms with Crippen molar-refractivity contribution in [3.8, 4) is 0 Å². The van der Waals surface area contributed by atoms with Crippen LogP contribution in [0.25, 0.3) is 0 Å². The van der Waals surface area contributed by atoms with Crippen LogP contribution in [0, 0.1) is 11.0 Å². The van der Waals surface area contributed by atoms with Crippen molar-refractivity contribution in [1.29, 1.82) is 0 Å². The average Bonchev–Trinajstić information content (AvgIpc) is 2.55. The average molecular weight is 318 g/mol. The SMILES string of the molecule is O=C(COC(=O)c1cccc[n+]1[O-])NCCc1ccccc1F. The molecule has 1 heterocycles. The fraction of sp³-hybridized carbons (Fsp3) is 0.188. The topological polar surface area (TPSA) is 82.3 Å². The third-order valence-corrected chi connectivity index (χ3v) is 3.04. The zero-order chi connectivity index (χ0) is 16.7. The number of halogens is 1. The summed E-state index contributed by atoms with van der Waals surface area (Å²) in [5, 5.41) is 13.9. The number of nitrogens with zero attached hydrogens (tertiary/aromatic N) is 1. The molecule has 2 rings (SSSR count). The summed E-state index contributed by atoms with van der Waals surface area (Å²) < 4.78 is 18.5. The summed E-state index contributed by atoms with van der Waals surface area (Å²) in [7, 11) is 0. The maximum atomic E-state index is 13.4. The number of pyridine rings is 1. The van der Waals surface area contributed by atoms with E-state index < -0.39 is 18.5 Å². The lowest BCUT2D eigenvalue weighted by Gasteiger charge is -2.07. The second-order valence-electron chi connectivity index (χ2n) is 4.68. The van der Waals surface area contributed by atoms with E-state index in [9.17, 15) is 19.2 Å². The Balaban J connectivity index is 1.74. The quantitative estimate of drug-likeness (QED) is 0.489. The third-order valence-electron chi connectivity index (χ3n) is 3.04. The van der Waals surface area contributed by atoms with E-state index in [1.807, 2.05) is 0 Å². The first-order valence-electron chi connectivity index (χ1n) is 6.93. The van der Waals surface area contributed by atoms with Crippen molar-refractivity contribution in [3.05, 3.63) is 70.9 Å². The summed E-state index contributed by atoms with van der Waals surface area (Å²) in [6.45, 7) is -0.296. The van der Waals surface area contributed by atoms with Gasteiger partial charge in [0.05, 0.1) is 0 Å². The third kappa shape index (κ3) is 4.77. The molecule has 0 atom stereocenters. The van der Waals surface area contributed by atoms with Crippen molar-refractivity contribution < 1.29 is 23.4 Å². The van der Waals surface area contributed by atoms with Gasteiger partial charge in [0.15, 0.2) is 12.8 Å². The smallest absolute Gasteiger partial charge is 0.405 e. The van der Waals surface area contributed by atoms with Crippen LogP contribution in [0.15, 0.2) is 48.7 Å². The van der Waals surface area contributed by atoms with Gasteiger partial charge in [0.2, 0.25) is 0 Å². The molecule has 7 heteroatoms. The number of amides is 1. The predicted molar refractivity (Wildman–Crippen MR) is 78.8 cm³/mol. The van der Waals surface area contributed by atoms with Crippen LogP contribution in [0.5, 0.6) is 0 Å². The summed E-state index contributed by atoms with van der Waals surface area (Å²) in [4.78, 5) is 23.2. The van der Waals surface area contributed by atoms with Crippen LogP contribution in [-0.2, 0) is 16.0 Å². The highest BCUT2D eigenvalue weighted by atomic mass is 19.1. The number of nitrogens with one attached hydrogen (secondary N) is 1. The second kappa shape index (κ2) is 7.88. The van der Waals surface area contributed by atoms with Gasteiger partial charge in [0, 0.05) is 18.7 Å². The van der Waals surface area contributed by atoms with E-state index in [1.54, 1.807) is 18.2 Å². The summed E-state index contributed by atoms with van der Waals surface area (Å²) in [6.07, 6.45) is 1.48. The van der Waals surface area contributed by atoms with E-state index in [-0.39, 0.29) is 18.1 Å². The molecule has 0 saturated heterocycles. The Morgan fingerprint density at radius 1 is 1.17 bits per heavy atom. The number of carbonyl (C=O) groups is 2. The van der Waals surface area contributed by atoms with Crippen LogP contribution < -0.4 is 10.0 Å². The van der Waals surface area contributed by atoms with E-state index in [4.69, 9.17) is 4.74 Å². The van der Waals surface area contributed by atoms with Gasteiger partial charge in [-0.1, -0.05) is 18.2 Å². The fourth-order valence-electron chi connectivity index (χ4n) is 1.88. The molecule has 23 heavy (non-hydrogen) atoms. The minimum atomic E-state index is -0.884. The van der Waals surface area contributed by atoms with E-state index in [1.165, 1.54) is 24.3 Å². The Kier molecular flexibility index (Phi) is 5.62. The zero-order valence-electron chi connectivity index (χ0n) is 12.2. The minimum Gasteiger partial charge on any atom is -0.618 e. The predicted octanol–water partition coefficient (Wildman–Crippen LogP) is 0.975. The first kappa shape index (κ1) is 16.4. The van der Waals surface area contributed by atoms with Crippen LogP contribution in [0.3, 0.4) is 0 Å². The number of rotatable bonds is 6. The Hall–Kier alpha value is -2.96. The molecule has 0 aliphatic heterocycles. The Labute approximate surface area is 132 Å². The molecule has 0 aliphatic rings. The van der Waals surface area contributed by atoms with Crippen LogP contribution in [0.1, 0.15) is 16.1 Å². The molecular formula is C16H15FN2O4. The summed E-state index contributed by atoms with van der Waals surface area (Å²) in [5.41, 5.74) is 0.285. The molecule has 1 N–H and O–H groups in total. The Morgan fingerprint density at radius 2 is 1.91 bits per heavy atom. The van der Waals surface area contributed by atoms with Gasteiger partial charge in [-0.2, -0.15) is 4.73 Å². The molecule has 0 saturated carbocycles. The molecule has 0 radical (unpaired) electrons. The van der Waals surface area contributed by atoms with Crippen molar-refractivity contribution in [3.63, 3.8) is 0 Å². The number of benzene rings is 1. The van der Waals surface area contributed by atoms with Crippen molar-refractivity contribution in [2.75, 3.05) is 13.2 Å². The van der Waals surface area contributed by atoms with Crippen LogP contribution >= 0.6 is 0 Å². The van der Waals surface area contributed by atoms with Crippen molar-refractivity contribution in [2.24, 2.45) is 0 Å². The minimum absolute atomic E-state index is 0.202. The number of carbonyl (C=O) groups excluding carboxylic acids is 2. The van der Waals surface area contributed by atoms with Gasteiger partial charge >= 0.3 is 11.7 Å². The molecule has 0 fully saturated rings. The van der Waals surface area contributed by atoms with Gasteiger partial charge in [-0.15, -0.1) is 0 Å². The van der Waals surface area contributed by atoms with Gasteiger partial charge in [0.1, 0.15) is 5.82 Å². The summed E-state index contributed by atoms with van der Waals surface area (Å²) in [5.74, 6) is -1.75. The van der Waals surface area contributed by atoms with E-state index in [0.29, 0.717) is 16.7 Å². The largest absolute Gasteiger partial charge is 0.618 e. The molecule has 1 aromatic heterocycles. The molecule has 2 aromatic rings. The molecule has 0 aliphatic carbocycles. The number of hydrogen-bond donors (Lipinski definition) is 1. The molecular weight excluding hydrogens is 303 g/mol. The van der Waals surface area contributed by atoms with Crippen molar-refractivity contribution in [1.82, 2.24) is 5.32 Å². The fourth-order valence-corrected chi connectivity index (χ4v) is 1.88. The van der Waals surface area contributed by atoms with E-state index >= 15 is 0 Å². The van der Waals surface area contributed by atoms with E-state index in [0.717, 1.165) is 6.20 Å². The van der Waals surface area contributed by atoms with Crippen molar-refractivity contribution in [2.45, 2.75) is 6.42 Å². The molecule has 1 aromatic carbocycles. The van der Waals surface area contributed by atoms with Gasteiger partial charge < -0.3 is 15.3 Å². The summed E-state index contributed by atoms with van der Waals surface area (Å²) >= 11 is 0. The molecule has 1 amide bonds.